The number of thiazole rings is 1. The summed E-state index contributed by atoms with van der Waals surface area (Å²) in [6.07, 6.45) is 1.23. The number of piperazine rings is 1. The summed E-state index contributed by atoms with van der Waals surface area (Å²) in [5.41, 5.74) is 0.337. The van der Waals surface area contributed by atoms with Crippen LogP contribution >= 0.6 is 11.3 Å². The fourth-order valence-electron chi connectivity index (χ4n) is 3.10. The van der Waals surface area contributed by atoms with Crippen LogP contribution in [0.25, 0.3) is 10.2 Å². The van der Waals surface area contributed by atoms with Gasteiger partial charge in [-0.15, -0.1) is 11.3 Å². The molecule has 130 valence electrons. The van der Waals surface area contributed by atoms with Gasteiger partial charge in [0, 0.05) is 45.6 Å². The SMILES string of the molecule is CC(C)(O)CN1CCN(C(=O)CCc2nc3ccccc3s2)CC1. The number of para-hydroxylation sites is 1. The minimum Gasteiger partial charge on any atom is -0.389 e. The van der Waals surface area contributed by atoms with E-state index in [1.165, 1.54) is 4.70 Å². The van der Waals surface area contributed by atoms with Crippen LogP contribution in [0.3, 0.4) is 0 Å². The third-order valence-electron chi connectivity index (χ3n) is 4.23. The molecule has 24 heavy (non-hydrogen) atoms. The van der Waals surface area contributed by atoms with Gasteiger partial charge in [0.1, 0.15) is 0 Å². The first kappa shape index (κ1) is 17.3. The fraction of sp³-hybridized carbons (Fsp3) is 0.556. The molecule has 2 aromatic rings. The zero-order valence-electron chi connectivity index (χ0n) is 14.4. The number of hydrogen-bond acceptors (Lipinski definition) is 5. The van der Waals surface area contributed by atoms with Gasteiger partial charge in [-0.05, 0) is 26.0 Å². The number of benzene rings is 1. The maximum absolute atomic E-state index is 12.4. The lowest BCUT2D eigenvalue weighted by Gasteiger charge is -2.37. The number of aryl methyl sites for hydroxylation is 1. The van der Waals surface area contributed by atoms with Crippen molar-refractivity contribution in [2.24, 2.45) is 0 Å². The number of β-amino-alcohol motifs (C(OH)–C–C–N with tert-alkyl or cyclic N) is 1. The molecule has 1 aromatic carbocycles. The van der Waals surface area contributed by atoms with Crippen LogP contribution in [0.15, 0.2) is 24.3 Å². The minimum absolute atomic E-state index is 0.206. The summed E-state index contributed by atoms with van der Waals surface area (Å²) >= 11 is 1.67. The van der Waals surface area contributed by atoms with Gasteiger partial charge in [-0.25, -0.2) is 4.98 Å². The molecule has 1 saturated heterocycles. The molecule has 1 aliphatic heterocycles. The molecule has 0 saturated carbocycles. The third-order valence-corrected chi connectivity index (χ3v) is 5.32. The monoisotopic (exact) mass is 347 g/mol. The number of carbonyl (C=O) groups excluding carboxylic acids is 1. The van der Waals surface area contributed by atoms with E-state index >= 15 is 0 Å². The molecule has 1 N–H and O–H groups in total. The first-order valence-corrected chi connectivity index (χ1v) is 9.29. The fourth-order valence-corrected chi connectivity index (χ4v) is 4.07. The summed E-state index contributed by atoms with van der Waals surface area (Å²) in [5.74, 6) is 0.206. The van der Waals surface area contributed by atoms with E-state index in [1.807, 2.05) is 36.9 Å². The zero-order chi connectivity index (χ0) is 17.2. The van der Waals surface area contributed by atoms with Crippen molar-refractivity contribution in [1.82, 2.24) is 14.8 Å². The molecule has 1 aromatic heterocycles. The highest BCUT2D eigenvalue weighted by molar-refractivity contribution is 7.18. The average molecular weight is 347 g/mol. The van der Waals surface area contributed by atoms with E-state index in [1.54, 1.807) is 11.3 Å². The normalized spacial score (nSPS) is 16.7. The molecule has 0 aliphatic carbocycles. The second-order valence-electron chi connectivity index (χ2n) is 7.04. The van der Waals surface area contributed by atoms with E-state index in [0.717, 1.165) is 36.7 Å². The van der Waals surface area contributed by atoms with Crippen LogP contribution in [0, 0.1) is 0 Å². The van der Waals surface area contributed by atoms with Gasteiger partial charge in [0.15, 0.2) is 0 Å². The highest BCUT2D eigenvalue weighted by atomic mass is 32.1. The lowest BCUT2D eigenvalue weighted by Crippen LogP contribution is -2.52. The van der Waals surface area contributed by atoms with E-state index < -0.39 is 5.60 Å². The number of carbonyl (C=O) groups is 1. The maximum Gasteiger partial charge on any atom is 0.223 e. The molecule has 0 spiro atoms. The summed E-state index contributed by atoms with van der Waals surface area (Å²) in [6, 6.07) is 8.09. The van der Waals surface area contributed by atoms with E-state index in [4.69, 9.17) is 0 Å². The van der Waals surface area contributed by atoms with Gasteiger partial charge >= 0.3 is 0 Å². The van der Waals surface area contributed by atoms with Gasteiger partial charge in [0.05, 0.1) is 20.8 Å². The molecular formula is C18H25N3O2S. The largest absolute Gasteiger partial charge is 0.389 e. The summed E-state index contributed by atoms with van der Waals surface area (Å²) in [5, 5.41) is 10.9. The van der Waals surface area contributed by atoms with Crippen LogP contribution in [0.2, 0.25) is 0 Å². The van der Waals surface area contributed by atoms with E-state index in [0.29, 0.717) is 19.4 Å². The van der Waals surface area contributed by atoms with Crippen molar-refractivity contribution in [3.05, 3.63) is 29.3 Å². The van der Waals surface area contributed by atoms with Gasteiger partial charge in [-0.3, -0.25) is 9.69 Å². The summed E-state index contributed by atoms with van der Waals surface area (Å²) < 4.78 is 1.18. The second-order valence-corrected chi connectivity index (χ2v) is 8.16. The molecule has 1 amide bonds. The Morgan fingerprint density at radius 1 is 1.25 bits per heavy atom. The Bertz CT molecular complexity index is 667. The van der Waals surface area contributed by atoms with Crippen molar-refractivity contribution in [2.75, 3.05) is 32.7 Å². The van der Waals surface area contributed by atoms with Crippen LogP contribution in [0.1, 0.15) is 25.3 Å². The number of aromatic nitrogens is 1. The van der Waals surface area contributed by atoms with Crippen LogP contribution in [0.5, 0.6) is 0 Å². The molecule has 5 nitrogen and oxygen atoms in total. The topological polar surface area (TPSA) is 56.7 Å². The summed E-state index contributed by atoms with van der Waals surface area (Å²) in [4.78, 5) is 21.2. The highest BCUT2D eigenvalue weighted by Gasteiger charge is 2.24. The number of rotatable bonds is 5. The Balaban J connectivity index is 1.47. The first-order chi connectivity index (χ1) is 11.4. The molecular weight excluding hydrogens is 322 g/mol. The zero-order valence-corrected chi connectivity index (χ0v) is 15.2. The molecule has 0 unspecified atom stereocenters. The number of fused-ring (bicyclic) bond motifs is 1. The van der Waals surface area contributed by atoms with E-state index in [-0.39, 0.29) is 5.91 Å². The average Bonchev–Trinajstić information content (AvgIpc) is 2.94. The van der Waals surface area contributed by atoms with Gasteiger partial charge < -0.3 is 10.0 Å². The Morgan fingerprint density at radius 3 is 2.62 bits per heavy atom. The Morgan fingerprint density at radius 2 is 1.96 bits per heavy atom. The summed E-state index contributed by atoms with van der Waals surface area (Å²) in [6.45, 7) is 7.45. The van der Waals surface area contributed by atoms with Gasteiger partial charge in [0.25, 0.3) is 0 Å². The van der Waals surface area contributed by atoms with Crippen molar-refractivity contribution in [2.45, 2.75) is 32.3 Å². The van der Waals surface area contributed by atoms with Crippen LogP contribution in [-0.4, -0.2) is 64.1 Å². The highest BCUT2D eigenvalue weighted by Crippen LogP contribution is 2.22. The predicted octanol–water partition coefficient (Wildman–Crippen LogP) is 2.14. The lowest BCUT2D eigenvalue weighted by atomic mass is 10.1. The van der Waals surface area contributed by atoms with Crippen molar-refractivity contribution in [3.8, 4) is 0 Å². The molecule has 2 heterocycles. The van der Waals surface area contributed by atoms with Crippen molar-refractivity contribution < 1.29 is 9.90 Å². The standard InChI is InChI=1S/C18H25N3O2S/c1-18(2,23)13-20-9-11-21(12-10-20)17(22)8-7-16-19-14-5-3-4-6-15(14)24-16/h3-6,23H,7-13H2,1-2H3. The Hall–Kier alpha value is -1.50. The second kappa shape index (κ2) is 7.17. The minimum atomic E-state index is -0.682. The Labute approximate surface area is 146 Å². The lowest BCUT2D eigenvalue weighted by molar-refractivity contribution is -0.133. The van der Waals surface area contributed by atoms with Crippen LogP contribution in [-0.2, 0) is 11.2 Å². The van der Waals surface area contributed by atoms with Gasteiger partial charge in [-0.1, -0.05) is 12.1 Å². The molecule has 6 heteroatoms. The predicted molar refractivity (Wildman–Crippen MR) is 97.3 cm³/mol. The number of nitrogens with zero attached hydrogens (tertiary/aromatic N) is 3. The third kappa shape index (κ3) is 4.53. The smallest absolute Gasteiger partial charge is 0.223 e. The van der Waals surface area contributed by atoms with Crippen LogP contribution < -0.4 is 0 Å². The molecule has 1 fully saturated rings. The number of amides is 1. The number of aliphatic hydroxyl groups is 1. The van der Waals surface area contributed by atoms with Crippen molar-refractivity contribution in [1.29, 1.82) is 0 Å². The first-order valence-electron chi connectivity index (χ1n) is 8.48. The Kier molecular flexibility index (Phi) is 5.18. The van der Waals surface area contributed by atoms with Gasteiger partial charge in [-0.2, -0.15) is 0 Å². The van der Waals surface area contributed by atoms with E-state index in [9.17, 15) is 9.90 Å². The number of hydrogen-bond donors (Lipinski definition) is 1. The van der Waals surface area contributed by atoms with Crippen LogP contribution in [0.4, 0.5) is 0 Å². The van der Waals surface area contributed by atoms with Crippen molar-refractivity contribution in [3.63, 3.8) is 0 Å². The molecule has 0 radical (unpaired) electrons. The van der Waals surface area contributed by atoms with Gasteiger partial charge in [0.2, 0.25) is 5.91 Å². The summed E-state index contributed by atoms with van der Waals surface area (Å²) in [7, 11) is 0. The molecule has 3 rings (SSSR count). The maximum atomic E-state index is 12.4. The quantitative estimate of drug-likeness (QED) is 0.900. The van der Waals surface area contributed by atoms with Crippen molar-refractivity contribution >= 4 is 27.5 Å². The van der Waals surface area contributed by atoms with E-state index in [2.05, 4.69) is 16.0 Å². The molecule has 1 aliphatic rings. The molecule has 0 bridgehead atoms. The molecule has 0 atom stereocenters.